The summed E-state index contributed by atoms with van der Waals surface area (Å²) >= 11 is 11.9. The third-order valence-corrected chi connectivity index (χ3v) is 6.17. The van der Waals surface area contributed by atoms with Gasteiger partial charge < -0.3 is 14.8 Å². The van der Waals surface area contributed by atoms with Gasteiger partial charge in [-0.2, -0.15) is 0 Å². The number of halogens is 1. The molecule has 7 nitrogen and oxygen atoms in total. The van der Waals surface area contributed by atoms with Gasteiger partial charge in [0.1, 0.15) is 6.04 Å². The van der Waals surface area contributed by atoms with Gasteiger partial charge in [-0.3, -0.25) is 15.1 Å². The molecule has 0 radical (unpaired) electrons. The smallest absolute Gasteiger partial charge is 0.271 e. The molecular formula is C24H18ClN5O2S. The first kappa shape index (κ1) is 21.1. The van der Waals surface area contributed by atoms with E-state index in [1.54, 1.807) is 18.3 Å². The Hall–Kier alpha value is -3.75. The minimum Gasteiger partial charge on any atom is -0.351 e. The van der Waals surface area contributed by atoms with Crippen molar-refractivity contribution in [2.45, 2.75) is 12.1 Å². The van der Waals surface area contributed by atoms with Crippen molar-refractivity contribution >= 4 is 40.3 Å². The van der Waals surface area contributed by atoms with E-state index in [9.17, 15) is 10.1 Å². The molecule has 5 rings (SSSR count). The van der Waals surface area contributed by atoms with Gasteiger partial charge in [-0.15, -0.1) is 0 Å². The van der Waals surface area contributed by atoms with E-state index in [1.165, 1.54) is 6.07 Å². The molecule has 0 spiro atoms. The molecule has 0 bridgehead atoms. The van der Waals surface area contributed by atoms with Crippen LogP contribution in [0.2, 0.25) is 5.02 Å². The zero-order chi connectivity index (χ0) is 22.9. The quantitative estimate of drug-likeness (QED) is 0.229. The summed E-state index contributed by atoms with van der Waals surface area (Å²) in [4.78, 5) is 17.6. The zero-order valence-electron chi connectivity index (χ0n) is 17.2. The molecule has 2 aromatic heterocycles. The van der Waals surface area contributed by atoms with Gasteiger partial charge in [-0.05, 0) is 66.8 Å². The number of nitrogens with zero attached hydrogens (tertiary/aromatic N) is 4. The average Bonchev–Trinajstić information content (AvgIpc) is 3.44. The number of nitrogens with one attached hydrogen (secondary N) is 1. The summed E-state index contributed by atoms with van der Waals surface area (Å²) in [6, 6.07) is 23.3. The van der Waals surface area contributed by atoms with Crippen molar-refractivity contribution in [1.29, 1.82) is 0 Å². The number of benzene rings is 2. The molecule has 1 saturated heterocycles. The van der Waals surface area contributed by atoms with Crippen LogP contribution in [0.5, 0.6) is 0 Å². The number of anilines is 1. The van der Waals surface area contributed by atoms with Crippen molar-refractivity contribution in [3.05, 3.63) is 118 Å². The highest BCUT2D eigenvalue weighted by atomic mass is 35.5. The van der Waals surface area contributed by atoms with Crippen LogP contribution in [0.25, 0.3) is 5.69 Å². The van der Waals surface area contributed by atoms with E-state index in [0.29, 0.717) is 15.8 Å². The molecule has 2 aromatic carbocycles. The van der Waals surface area contributed by atoms with Crippen LogP contribution in [0.3, 0.4) is 0 Å². The maximum Gasteiger partial charge on any atom is 0.271 e. The van der Waals surface area contributed by atoms with Gasteiger partial charge in [0.2, 0.25) is 0 Å². The molecule has 0 aliphatic carbocycles. The Balaban J connectivity index is 1.66. The standard InChI is InChI=1S/C24H18ClN5O2S/c25-16-9-11-17(12-10-16)29-23(22(27-24(29)33)20-7-1-2-13-26-20)21-8-4-14-28(21)18-5-3-6-19(15-18)30(31)32/h1-15,22-23H,(H,27,33)/t22-,23-/m0/s1. The molecule has 9 heteroatoms. The lowest BCUT2D eigenvalue weighted by molar-refractivity contribution is -0.384. The Morgan fingerprint density at radius 1 is 1.00 bits per heavy atom. The summed E-state index contributed by atoms with van der Waals surface area (Å²) < 4.78 is 1.95. The fraction of sp³-hybridized carbons (Fsp3) is 0.0833. The second kappa shape index (κ2) is 8.65. The first-order chi connectivity index (χ1) is 16.0. The largest absolute Gasteiger partial charge is 0.351 e. The number of non-ortho nitro benzene ring substituents is 1. The molecule has 4 aromatic rings. The van der Waals surface area contributed by atoms with Gasteiger partial charge in [0.25, 0.3) is 5.69 Å². The third-order valence-electron chi connectivity index (χ3n) is 5.60. The number of pyridine rings is 1. The maximum absolute atomic E-state index is 11.4. The average molecular weight is 476 g/mol. The summed E-state index contributed by atoms with van der Waals surface area (Å²) in [5, 5.41) is 16.0. The van der Waals surface area contributed by atoms with Crippen molar-refractivity contribution in [2.24, 2.45) is 0 Å². The van der Waals surface area contributed by atoms with Crippen molar-refractivity contribution < 1.29 is 4.92 Å². The molecule has 0 saturated carbocycles. The summed E-state index contributed by atoms with van der Waals surface area (Å²) in [5.74, 6) is 0. The van der Waals surface area contributed by atoms with Crippen LogP contribution in [-0.4, -0.2) is 19.6 Å². The number of nitro groups is 1. The molecule has 0 amide bonds. The van der Waals surface area contributed by atoms with Crippen LogP contribution in [0.4, 0.5) is 11.4 Å². The van der Waals surface area contributed by atoms with Gasteiger partial charge in [-0.1, -0.05) is 23.7 Å². The monoisotopic (exact) mass is 475 g/mol. The number of nitro benzene ring substituents is 1. The highest BCUT2D eigenvalue weighted by Gasteiger charge is 2.42. The first-order valence-electron chi connectivity index (χ1n) is 10.2. The Labute approximate surface area is 200 Å². The number of aromatic nitrogens is 2. The second-order valence-corrected chi connectivity index (χ2v) is 8.38. The van der Waals surface area contributed by atoms with Gasteiger partial charge in [-0.25, -0.2) is 0 Å². The van der Waals surface area contributed by atoms with Gasteiger partial charge in [0.15, 0.2) is 5.11 Å². The van der Waals surface area contributed by atoms with E-state index in [2.05, 4.69) is 10.3 Å². The lowest BCUT2D eigenvalue weighted by atomic mass is 10.0. The molecule has 1 N–H and O–H groups in total. The lowest BCUT2D eigenvalue weighted by Gasteiger charge is -2.29. The Morgan fingerprint density at radius 2 is 1.82 bits per heavy atom. The zero-order valence-corrected chi connectivity index (χ0v) is 18.8. The number of thiocarbonyl (C=S) groups is 1. The molecule has 3 heterocycles. The van der Waals surface area contributed by atoms with E-state index in [-0.39, 0.29) is 17.8 Å². The van der Waals surface area contributed by atoms with E-state index in [1.807, 2.05) is 76.3 Å². The topological polar surface area (TPSA) is 76.2 Å². The molecular weight excluding hydrogens is 458 g/mol. The van der Waals surface area contributed by atoms with Crippen molar-refractivity contribution in [2.75, 3.05) is 4.90 Å². The Kier molecular flexibility index (Phi) is 5.53. The van der Waals surface area contributed by atoms with Crippen LogP contribution >= 0.6 is 23.8 Å². The molecule has 1 aliphatic rings. The SMILES string of the molecule is O=[N+]([O-])c1cccc(-n2cccc2[C@H]2[C@H](c3ccccn3)NC(=S)N2c2ccc(Cl)cc2)c1. The summed E-state index contributed by atoms with van der Waals surface area (Å²) in [5.41, 5.74) is 3.36. The molecule has 1 fully saturated rings. The predicted molar refractivity (Wildman–Crippen MR) is 132 cm³/mol. The van der Waals surface area contributed by atoms with Gasteiger partial charge in [0.05, 0.1) is 22.3 Å². The fourth-order valence-electron chi connectivity index (χ4n) is 4.16. The van der Waals surface area contributed by atoms with Crippen molar-refractivity contribution in [3.63, 3.8) is 0 Å². The first-order valence-corrected chi connectivity index (χ1v) is 11.0. The van der Waals surface area contributed by atoms with Crippen LogP contribution in [0.1, 0.15) is 23.5 Å². The van der Waals surface area contributed by atoms with Crippen molar-refractivity contribution in [1.82, 2.24) is 14.9 Å². The number of hydrogen-bond acceptors (Lipinski definition) is 4. The van der Waals surface area contributed by atoms with Gasteiger partial charge >= 0.3 is 0 Å². The maximum atomic E-state index is 11.4. The molecule has 0 unspecified atom stereocenters. The van der Waals surface area contributed by atoms with Gasteiger partial charge in [0, 0.05) is 40.9 Å². The third kappa shape index (κ3) is 3.94. The molecule has 1 aliphatic heterocycles. The van der Waals surface area contributed by atoms with E-state index in [4.69, 9.17) is 23.8 Å². The molecule has 33 heavy (non-hydrogen) atoms. The predicted octanol–water partition coefficient (Wildman–Crippen LogP) is 5.61. The molecule has 164 valence electrons. The number of hydrogen-bond donors (Lipinski definition) is 1. The number of rotatable bonds is 5. The van der Waals surface area contributed by atoms with E-state index < -0.39 is 4.92 Å². The van der Waals surface area contributed by atoms with E-state index in [0.717, 1.165) is 17.1 Å². The Morgan fingerprint density at radius 3 is 2.55 bits per heavy atom. The second-order valence-electron chi connectivity index (χ2n) is 7.55. The minimum absolute atomic E-state index is 0.0306. The summed E-state index contributed by atoms with van der Waals surface area (Å²) in [6.45, 7) is 0. The van der Waals surface area contributed by atoms with Crippen LogP contribution < -0.4 is 10.2 Å². The highest BCUT2D eigenvalue weighted by molar-refractivity contribution is 7.80. The minimum atomic E-state index is -0.393. The van der Waals surface area contributed by atoms with E-state index >= 15 is 0 Å². The van der Waals surface area contributed by atoms with Crippen molar-refractivity contribution in [3.8, 4) is 5.69 Å². The molecule has 2 atom stereocenters. The summed E-state index contributed by atoms with van der Waals surface area (Å²) in [7, 11) is 0. The fourth-order valence-corrected chi connectivity index (χ4v) is 4.63. The Bertz CT molecular complexity index is 1330. The normalized spacial score (nSPS) is 17.7. The summed E-state index contributed by atoms with van der Waals surface area (Å²) in [6.07, 6.45) is 3.65. The van der Waals surface area contributed by atoms with Crippen LogP contribution in [-0.2, 0) is 0 Å². The highest BCUT2D eigenvalue weighted by Crippen LogP contribution is 2.42. The lowest BCUT2D eigenvalue weighted by Crippen LogP contribution is -2.30. The van der Waals surface area contributed by atoms with Crippen LogP contribution in [0.15, 0.2) is 91.3 Å². The van der Waals surface area contributed by atoms with Crippen LogP contribution in [0, 0.1) is 10.1 Å².